The quantitative estimate of drug-likeness (QED) is 0.572. The molecule has 0 radical (unpaired) electrons. The van der Waals surface area contributed by atoms with Gasteiger partial charge in [-0.1, -0.05) is 44.2 Å². The Labute approximate surface area is 193 Å². The van der Waals surface area contributed by atoms with Gasteiger partial charge in [0.1, 0.15) is 16.1 Å². The lowest BCUT2D eigenvalue weighted by molar-refractivity contribution is -0.126. The lowest BCUT2D eigenvalue weighted by Gasteiger charge is -2.32. The van der Waals surface area contributed by atoms with Gasteiger partial charge in [0, 0.05) is 23.9 Å². The van der Waals surface area contributed by atoms with Crippen molar-refractivity contribution in [3.8, 4) is 11.1 Å². The highest BCUT2D eigenvalue weighted by Gasteiger charge is 2.57. The molecule has 1 spiro atoms. The van der Waals surface area contributed by atoms with Crippen LogP contribution in [0.5, 0.6) is 0 Å². The monoisotopic (exact) mass is 464 g/mol. The Morgan fingerprint density at radius 3 is 2.61 bits per heavy atom. The number of carbonyl (C=O) groups is 3. The molecule has 2 aliphatic heterocycles. The SMILES string of the molecule is CC(C)c1ccc2c(c1)[C@@]1(CC(=O)Nc3c1sc(C(=O)O)c3-c1ccccc1F)C(=O)N2C. The minimum Gasteiger partial charge on any atom is -0.477 e. The second kappa shape index (κ2) is 7.25. The van der Waals surface area contributed by atoms with Gasteiger partial charge in [0.2, 0.25) is 11.8 Å². The summed E-state index contributed by atoms with van der Waals surface area (Å²) in [6, 6.07) is 11.6. The van der Waals surface area contributed by atoms with Gasteiger partial charge in [-0.25, -0.2) is 9.18 Å². The predicted molar refractivity (Wildman–Crippen MR) is 125 cm³/mol. The molecule has 3 aromatic rings. The van der Waals surface area contributed by atoms with Crippen LogP contribution in [0.15, 0.2) is 42.5 Å². The summed E-state index contributed by atoms with van der Waals surface area (Å²) in [5.41, 5.74) is 1.37. The van der Waals surface area contributed by atoms with Crippen LogP contribution in [0.2, 0.25) is 0 Å². The lowest BCUT2D eigenvalue weighted by Crippen LogP contribution is -2.45. The van der Waals surface area contributed by atoms with E-state index in [4.69, 9.17) is 0 Å². The van der Waals surface area contributed by atoms with Crippen LogP contribution in [0.3, 0.4) is 0 Å². The molecule has 5 rings (SSSR count). The summed E-state index contributed by atoms with van der Waals surface area (Å²) in [5.74, 6) is -2.37. The zero-order chi connectivity index (χ0) is 23.7. The fraction of sp³-hybridized carbons (Fsp3) is 0.240. The maximum Gasteiger partial charge on any atom is 0.346 e. The van der Waals surface area contributed by atoms with Crippen molar-refractivity contribution in [3.63, 3.8) is 0 Å². The predicted octanol–water partition coefficient (Wildman–Crippen LogP) is 4.98. The molecule has 0 bridgehead atoms. The van der Waals surface area contributed by atoms with E-state index in [0.717, 1.165) is 16.9 Å². The third-order valence-corrected chi connectivity index (χ3v) is 7.84. The molecule has 8 heteroatoms. The number of amides is 2. The van der Waals surface area contributed by atoms with E-state index < -0.39 is 23.1 Å². The third-order valence-electron chi connectivity index (χ3n) is 6.50. The van der Waals surface area contributed by atoms with E-state index in [1.807, 2.05) is 32.0 Å². The van der Waals surface area contributed by atoms with Crippen molar-refractivity contribution in [2.24, 2.45) is 0 Å². The van der Waals surface area contributed by atoms with E-state index >= 15 is 0 Å². The van der Waals surface area contributed by atoms with Crippen LogP contribution >= 0.6 is 11.3 Å². The fourth-order valence-electron chi connectivity index (χ4n) is 4.88. The molecule has 33 heavy (non-hydrogen) atoms. The number of aromatic carboxylic acids is 1. The third kappa shape index (κ3) is 2.87. The van der Waals surface area contributed by atoms with Gasteiger partial charge in [0.25, 0.3) is 0 Å². The largest absolute Gasteiger partial charge is 0.477 e. The van der Waals surface area contributed by atoms with Crippen LogP contribution in [0.25, 0.3) is 11.1 Å². The van der Waals surface area contributed by atoms with Gasteiger partial charge in [-0.2, -0.15) is 0 Å². The Kier molecular flexibility index (Phi) is 4.68. The van der Waals surface area contributed by atoms with Crippen LogP contribution < -0.4 is 10.2 Å². The number of rotatable bonds is 3. The van der Waals surface area contributed by atoms with Crippen LogP contribution in [0.1, 0.15) is 51.9 Å². The normalized spacial score (nSPS) is 19.1. The number of halogens is 1. The molecule has 2 amide bonds. The number of carboxylic acid groups (broad SMARTS) is 1. The summed E-state index contributed by atoms with van der Waals surface area (Å²) >= 11 is 0.927. The van der Waals surface area contributed by atoms with Gasteiger partial charge in [-0.3, -0.25) is 9.59 Å². The average molecular weight is 465 g/mol. The zero-order valence-electron chi connectivity index (χ0n) is 18.2. The second-order valence-corrected chi connectivity index (χ2v) is 9.74. The molecule has 168 valence electrons. The number of fused-ring (bicyclic) bond motifs is 4. The van der Waals surface area contributed by atoms with Gasteiger partial charge < -0.3 is 15.3 Å². The fourth-order valence-corrected chi connectivity index (χ4v) is 6.18. The summed E-state index contributed by atoms with van der Waals surface area (Å²) in [4.78, 5) is 40.8. The average Bonchev–Trinajstić information content (AvgIpc) is 3.25. The molecular weight excluding hydrogens is 443 g/mol. The maximum atomic E-state index is 14.8. The Morgan fingerprint density at radius 1 is 1.21 bits per heavy atom. The number of benzene rings is 2. The molecule has 2 aromatic carbocycles. The Bertz CT molecular complexity index is 1360. The van der Waals surface area contributed by atoms with E-state index in [-0.39, 0.29) is 39.9 Å². The number of carbonyl (C=O) groups excluding carboxylic acids is 2. The summed E-state index contributed by atoms with van der Waals surface area (Å²) in [7, 11) is 1.65. The highest BCUT2D eigenvalue weighted by Crippen LogP contribution is 2.57. The number of nitrogens with one attached hydrogen (secondary N) is 1. The van der Waals surface area contributed by atoms with Crippen molar-refractivity contribution in [2.45, 2.75) is 31.6 Å². The van der Waals surface area contributed by atoms with Crippen molar-refractivity contribution >= 4 is 40.5 Å². The van der Waals surface area contributed by atoms with Crippen molar-refractivity contribution in [2.75, 3.05) is 17.3 Å². The van der Waals surface area contributed by atoms with E-state index in [9.17, 15) is 23.9 Å². The van der Waals surface area contributed by atoms with Crippen molar-refractivity contribution < 1.29 is 23.9 Å². The van der Waals surface area contributed by atoms with Crippen molar-refractivity contribution in [3.05, 3.63) is 69.2 Å². The number of thiophene rings is 1. The van der Waals surface area contributed by atoms with E-state index in [1.165, 1.54) is 23.1 Å². The number of carboxylic acids is 1. The summed E-state index contributed by atoms with van der Waals surface area (Å²) in [6.45, 7) is 4.08. The molecule has 0 aliphatic carbocycles. The minimum absolute atomic E-state index is 0.0692. The molecule has 2 aliphatic rings. The van der Waals surface area contributed by atoms with Gasteiger partial charge in [-0.05, 0) is 29.2 Å². The van der Waals surface area contributed by atoms with Crippen LogP contribution in [-0.4, -0.2) is 29.9 Å². The van der Waals surface area contributed by atoms with Crippen LogP contribution in [-0.2, 0) is 15.0 Å². The van der Waals surface area contributed by atoms with Gasteiger partial charge in [-0.15, -0.1) is 11.3 Å². The van der Waals surface area contributed by atoms with E-state index in [0.29, 0.717) is 16.1 Å². The number of anilines is 2. The molecule has 3 heterocycles. The van der Waals surface area contributed by atoms with Gasteiger partial charge >= 0.3 is 5.97 Å². The van der Waals surface area contributed by atoms with Gasteiger partial charge in [0.15, 0.2) is 0 Å². The molecule has 1 atom stereocenters. The summed E-state index contributed by atoms with van der Waals surface area (Å²) < 4.78 is 14.8. The summed E-state index contributed by atoms with van der Waals surface area (Å²) in [5, 5.41) is 12.7. The number of nitrogens with zero attached hydrogens (tertiary/aromatic N) is 1. The van der Waals surface area contributed by atoms with Gasteiger partial charge in [0.05, 0.1) is 17.0 Å². The molecule has 0 saturated heterocycles. The molecule has 2 N–H and O–H groups in total. The minimum atomic E-state index is -1.36. The maximum absolute atomic E-state index is 14.8. The molecular formula is C25H21FN2O4S. The number of hydrogen-bond acceptors (Lipinski definition) is 4. The first-order valence-corrected chi connectivity index (χ1v) is 11.4. The van der Waals surface area contributed by atoms with E-state index in [2.05, 4.69) is 5.32 Å². The van der Waals surface area contributed by atoms with E-state index in [1.54, 1.807) is 13.1 Å². The standard InChI is InChI=1S/C25H21FN2O4S/c1-12(2)13-8-9-17-15(10-13)25(24(32)28(17)3)11-18(29)27-20-19(14-6-4-5-7-16(14)26)21(23(30)31)33-22(20)25/h4-10,12H,11H2,1-3H3,(H,27,29)(H,30,31)/t25-/m1/s1. The first-order valence-electron chi connectivity index (χ1n) is 10.5. The zero-order valence-corrected chi connectivity index (χ0v) is 19.0. The second-order valence-electron chi connectivity index (χ2n) is 8.72. The number of likely N-dealkylation sites (N-methyl/N-ethyl adjacent to an activating group) is 1. The van der Waals surface area contributed by atoms with Crippen LogP contribution in [0.4, 0.5) is 15.8 Å². The van der Waals surface area contributed by atoms with Crippen molar-refractivity contribution in [1.29, 1.82) is 0 Å². The topological polar surface area (TPSA) is 86.7 Å². The van der Waals surface area contributed by atoms with Crippen molar-refractivity contribution in [1.82, 2.24) is 0 Å². The Hall–Kier alpha value is -3.52. The highest BCUT2D eigenvalue weighted by atomic mass is 32.1. The molecule has 1 aromatic heterocycles. The molecule has 0 saturated carbocycles. The lowest BCUT2D eigenvalue weighted by atomic mass is 9.73. The Morgan fingerprint density at radius 2 is 1.94 bits per heavy atom. The molecule has 0 unspecified atom stereocenters. The Balaban J connectivity index is 1.87. The summed E-state index contributed by atoms with van der Waals surface area (Å²) in [6.07, 6.45) is -0.145. The smallest absolute Gasteiger partial charge is 0.346 e. The first-order chi connectivity index (χ1) is 15.7. The highest BCUT2D eigenvalue weighted by molar-refractivity contribution is 7.15. The van der Waals surface area contributed by atoms with Crippen LogP contribution in [0, 0.1) is 5.82 Å². The first kappa shape index (κ1) is 21.3. The molecule has 6 nitrogen and oxygen atoms in total. The molecule has 0 fully saturated rings. The number of hydrogen-bond donors (Lipinski definition) is 2.